The lowest BCUT2D eigenvalue weighted by Gasteiger charge is -2.25. The Balaban J connectivity index is 0.000000380. The highest BCUT2D eigenvalue weighted by Crippen LogP contribution is 2.28. The molecule has 4 atom stereocenters. The maximum Gasteiger partial charge on any atom is 0.163 e. The molecule has 2 aliphatic rings. The number of carbonyl (C=O) groups excluding carboxylic acids is 2. The van der Waals surface area contributed by atoms with E-state index in [1.807, 2.05) is 40.1 Å². The van der Waals surface area contributed by atoms with Crippen molar-refractivity contribution in [3.8, 4) is 11.5 Å². The zero-order valence-corrected chi connectivity index (χ0v) is 31.0. The fraction of sp³-hybridized carbons (Fsp3) is 0.600. The van der Waals surface area contributed by atoms with Crippen LogP contribution in [0.15, 0.2) is 34.3 Å². The summed E-state index contributed by atoms with van der Waals surface area (Å²) >= 11 is 0. The van der Waals surface area contributed by atoms with E-state index in [0.29, 0.717) is 41.3 Å². The van der Waals surface area contributed by atoms with E-state index in [2.05, 4.69) is 37.9 Å². The number of nitrogens with two attached hydrogens (primary N) is 1. The number of ketones is 1. The van der Waals surface area contributed by atoms with Gasteiger partial charge in [-0.25, -0.2) is 0 Å². The van der Waals surface area contributed by atoms with Crippen molar-refractivity contribution in [1.82, 2.24) is 0 Å². The molecule has 0 spiro atoms. The van der Waals surface area contributed by atoms with E-state index in [1.54, 1.807) is 19.2 Å². The summed E-state index contributed by atoms with van der Waals surface area (Å²) in [6.45, 7) is 16.0. The zero-order valence-electron chi connectivity index (χ0n) is 31.0. The minimum absolute atomic E-state index is 0.0924. The topological polar surface area (TPSA) is 103 Å². The molecule has 262 valence electrons. The normalized spacial score (nSPS) is 20.6. The Hall–Kier alpha value is -3.32. The van der Waals surface area contributed by atoms with Gasteiger partial charge in [-0.05, 0) is 106 Å². The molecule has 2 aromatic carbocycles. The van der Waals surface area contributed by atoms with Gasteiger partial charge in [-0.15, -0.1) is 0 Å². The minimum Gasteiger partial charge on any atom is -0.496 e. The van der Waals surface area contributed by atoms with Crippen molar-refractivity contribution in [1.29, 1.82) is 0 Å². The van der Waals surface area contributed by atoms with Crippen molar-refractivity contribution in [2.45, 2.75) is 138 Å². The molecule has 0 saturated heterocycles. The maximum absolute atomic E-state index is 11.4. The molecule has 7 heteroatoms. The van der Waals surface area contributed by atoms with Crippen LogP contribution in [0.4, 0.5) is 0 Å². The molecule has 2 saturated carbocycles. The second-order valence-corrected chi connectivity index (χ2v) is 12.2. The number of benzene rings is 2. The maximum atomic E-state index is 11.4. The fourth-order valence-electron chi connectivity index (χ4n) is 6.10. The summed E-state index contributed by atoms with van der Waals surface area (Å²) in [5, 5.41) is 0. The molecule has 0 aliphatic heterocycles. The van der Waals surface area contributed by atoms with Gasteiger partial charge in [-0.1, -0.05) is 66.4 Å². The third-order valence-electron chi connectivity index (χ3n) is 8.89. The van der Waals surface area contributed by atoms with Crippen LogP contribution in [0.2, 0.25) is 0 Å². The van der Waals surface area contributed by atoms with E-state index < -0.39 is 0 Å². The largest absolute Gasteiger partial charge is 0.496 e. The van der Waals surface area contributed by atoms with Crippen LogP contribution in [0.1, 0.15) is 143 Å². The Morgan fingerprint density at radius 2 is 1.38 bits per heavy atom. The SMILES string of the molecule is CC.CC1CCCCC1N.CC=N[C@H]1CCCC[C@H]1N=Cc1cc(CC)cc(C)c1OC.CCc1cc(C=O)c(OC)c(C(C)=O)c1. The lowest BCUT2D eigenvalue weighted by atomic mass is 9.87. The molecule has 4 rings (SSSR count). The summed E-state index contributed by atoms with van der Waals surface area (Å²) in [6, 6.07) is 9.06. The average Bonchev–Trinajstić information content (AvgIpc) is 3.09. The minimum atomic E-state index is -0.0924. The lowest BCUT2D eigenvalue weighted by Crippen LogP contribution is -2.30. The van der Waals surface area contributed by atoms with Crippen molar-refractivity contribution < 1.29 is 19.1 Å². The molecular formula is C40H63N3O4. The monoisotopic (exact) mass is 649 g/mol. The summed E-state index contributed by atoms with van der Waals surface area (Å²) in [5.41, 5.74) is 11.2. The molecule has 47 heavy (non-hydrogen) atoms. The van der Waals surface area contributed by atoms with Crippen molar-refractivity contribution in [3.05, 3.63) is 57.6 Å². The molecule has 2 fully saturated rings. The van der Waals surface area contributed by atoms with Gasteiger partial charge in [0.1, 0.15) is 11.5 Å². The van der Waals surface area contributed by atoms with E-state index in [4.69, 9.17) is 20.2 Å². The van der Waals surface area contributed by atoms with Gasteiger partial charge >= 0.3 is 0 Å². The Bertz CT molecular complexity index is 1280. The predicted molar refractivity (Wildman–Crippen MR) is 200 cm³/mol. The number of nitrogens with zero attached hydrogens (tertiary/aromatic N) is 2. The highest BCUT2D eigenvalue weighted by atomic mass is 16.5. The smallest absolute Gasteiger partial charge is 0.163 e. The molecule has 0 amide bonds. The molecule has 2 N–H and O–H groups in total. The fourth-order valence-corrected chi connectivity index (χ4v) is 6.10. The van der Waals surface area contributed by atoms with E-state index >= 15 is 0 Å². The molecule has 0 heterocycles. The molecule has 0 radical (unpaired) electrons. The van der Waals surface area contributed by atoms with Crippen molar-refractivity contribution >= 4 is 24.5 Å². The van der Waals surface area contributed by atoms with Crippen LogP contribution >= 0.6 is 0 Å². The lowest BCUT2D eigenvalue weighted by molar-refractivity contribution is 0.101. The molecule has 2 aromatic rings. The first-order valence-corrected chi connectivity index (χ1v) is 17.7. The third-order valence-corrected chi connectivity index (χ3v) is 8.89. The van der Waals surface area contributed by atoms with Crippen LogP contribution in [0.3, 0.4) is 0 Å². The average molecular weight is 650 g/mol. The standard InChI is InChI=1S/C19H28N2O.C12H14O3.C7H15N.C2H6/c1-5-15-11-14(3)19(22-4)16(12-15)13-21-18-10-8-7-9-17(18)20-6-2;1-4-9-5-10(7-13)12(15-3)11(6-9)8(2)14;1-6-4-2-3-5-7(6)8;1-2/h6,11-13,17-18H,5,7-10H2,1-4H3;5-7H,4H2,1-3H3;6-7H,2-5,8H2,1H3;1-2H3/t17-,18+;;;/m0.../s1. The van der Waals surface area contributed by atoms with E-state index in [9.17, 15) is 9.59 Å². The predicted octanol–water partition coefficient (Wildman–Crippen LogP) is 9.21. The van der Waals surface area contributed by atoms with E-state index in [1.165, 1.54) is 63.7 Å². The highest BCUT2D eigenvalue weighted by molar-refractivity contribution is 6.00. The van der Waals surface area contributed by atoms with Crippen LogP contribution < -0.4 is 15.2 Å². The second-order valence-electron chi connectivity index (χ2n) is 12.2. The quantitative estimate of drug-likeness (QED) is 0.166. The number of rotatable bonds is 9. The molecule has 7 nitrogen and oxygen atoms in total. The van der Waals surface area contributed by atoms with E-state index in [-0.39, 0.29) is 5.78 Å². The highest BCUT2D eigenvalue weighted by Gasteiger charge is 2.23. The number of carbonyl (C=O) groups is 2. The molecular weight excluding hydrogens is 586 g/mol. The van der Waals surface area contributed by atoms with Crippen molar-refractivity contribution in [3.63, 3.8) is 0 Å². The number of aldehydes is 1. The van der Waals surface area contributed by atoms with Crippen molar-refractivity contribution in [2.24, 2.45) is 21.6 Å². The third kappa shape index (κ3) is 13.4. The summed E-state index contributed by atoms with van der Waals surface area (Å²) in [5.74, 6) is 2.00. The Morgan fingerprint density at radius 1 is 0.851 bits per heavy atom. The molecule has 0 bridgehead atoms. The van der Waals surface area contributed by atoms with E-state index in [0.717, 1.165) is 48.5 Å². The van der Waals surface area contributed by atoms with Gasteiger partial charge in [0.2, 0.25) is 0 Å². The van der Waals surface area contributed by atoms with Gasteiger partial charge in [0.05, 0.1) is 37.4 Å². The zero-order chi connectivity index (χ0) is 35.4. The first-order valence-electron chi connectivity index (χ1n) is 17.7. The van der Waals surface area contributed by atoms with Gasteiger partial charge in [-0.2, -0.15) is 0 Å². The number of Topliss-reactive ketones (excluding diaryl/α,β-unsaturated/α-hetero) is 1. The number of hydrogen-bond donors (Lipinski definition) is 1. The van der Waals surface area contributed by atoms with Crippen LogP contribution in [0.25, 0.3) is 0 Å². The van der Waals surface area contributed by atoms with Gasteiger partial charge in [0.25, 0.3) is 0 Å². The Morgan fingerprint density at radius 3 is 1.85 bits per heavy atom. The molecule has 2 aliphatic carbocycles. The number of aliphatic imine (C=N–C) groups is 2. The van der Waals surface area contributed by atoms with Crippen molar-refractivity contribution in [2.75, 3.05) is 14.2 Å². The number of ether oxygens (including phenoxy) is 2. The number of hydrogen-bond acceptors (Lipinski definition) is 7. The van der Waals surface area contributed by atoms with Crippen LogP contribution in [-0.2, 0) is 12.8 Å². The summed E-state index contributed by atoms with van der Waals surface area (Å²) in [6.07, 6.45) is 16.6. The van der Waals surface area contributed by atoms with Crippen LogP contribution in [0, 0.1) is 12.8 Å². The summed E-state index contributed by atoms with van der Waals surface area (Å²) in [7, 11) is 3.19. The van der Waals surface area contributed by atoms with Gasteiger partial charge in [-0.3, -0.25) is 19.6 Å². The Kier molecular flexibility index (Phi) is 20.5. The summed E-state index contributed by atoms with van der Waals surface area (Å²) in [4.78, 5) is 31.7. The number of aryl methyl sites for hydroxylation is 3. The first-order chi connectivity index (χ1) is 22.6. The van der Waals surface area contributed by atoms with Crippen LogP contribution in [-0.4, -0.2) is 56.8 Å². The number of methoxy groups -OCH3 is 2. The molecule has 2 unspecified atom stereocenters. The van der Waals surface area contributed by atoms with Gasteiger partial charge < -0.3 is 15.2 Å². The first kappa shape index (κ1) is 41.7. The second kappa shape index (κ2) is 23.1. The Labute approximate surface area is 285 Å². The molecule has 0 aromatic heterocycles. The van der Waals surface area contributed by atoms with Gasteiger partial charge in [0, 0.05) is 17.8 Å². The van der Waals surface area contributed by atoms with Crippen LogP contribution in [0.5, 0.6) is 11.5 Å². The van der Waals surface area contributed by atoms with Gasteiger partial charge in [0.15, 0.2) is 12.1 Å². The summed E-state index contributed by atoms with van der Waals surface area (Å²) < 4.78 is 10.6.